The standard InChI is InChI=1S/C20H25NO4.K/c1-12-10-13(2)15(14(3)11-12)16-17(22)19(21-18(16)23)4-6-20(7-5-19)24-8-9-25-20;/h10-11,22H,4-9H2,1-3H3,(H,21,23);/q;+1/p-1. The molecular weight excluding hydrogens is 357 g/mol. The Labute approximate surface area is 196 Å². The van der Waals surface area contributed by atoms with Crippen molar-refractivity contribution in [3.63, 3.8) is 0 Å². The topological polar surface area (TPSA) is 70.6 Å². The van der Waals surface area contributed by atoms with Gasteiger partial charge in [-0.2, -0.15) is 0 Å². The number of hydrogen-bond donors (Lipinski definition) is 1. The first-order valence-corrected chi connectivity index (χ1v) is 8.96. The minimum absolute atomic E-state index is 0. The van der Waals surface area contributed by atoms with Gasteiger partial charge in [-0.05, 0) is 50.3 Å². The predicted octanol–water partition coefficient (Wildman–Crippen LogP) is -1.13. The molecule has 2 spiro atoms. The molecular formula is C20H24KNO4. The molecule has 0 aromatic heterocycles. The molecule has 1 amide bonds. The zero-order valence-corrected chi connectivity index (χ0v) is 19.2. The van der Waals surface area contributed by atoms with Crippen molar-refractivity contribution in [2.45, 2.75) is 57.8 Å². The van der Waals surface area contributed by atoms with E-state index in [1.807, 2.05) is 32.9 Å². The molecule has 3 aliphatic rings. The van der Waals surface area contributed by atoms with Crippen LogP contribution >= 0.6 is 0 Å². The summed E-state index contributed by atoms with van der Waals surface area (Å²) < 4.78 is 11.5. The number of amides is 1. The Hall–Kier alpha value is -0.214. The van der Waals surface area contributed by atoms with E-state index in [0.29, 0.717) is 44.5 Å². The maximum absolute atomic E-state index is 13.3. The van der Waals surface area contributed by atoms with Crippen LogP contribution in [0.15, 0.2) is 17.9 Å². The third kappa shape index (κ3) is 3.24. The van der Waals surface area contributed by atoms with Crippen molar-refractivity contribution in [2.24, 2.45) is 0 Å². The predicted molar refractivity (Wildman–Crippen MR) is 91.5 cm³/mol. The van der Waals surface area contributed by atoms with Gasteiger partial charge >= 0.3 is 51.4 Å². The number of nitrogens with one attached hydrogen (secondary N) is 1. The summed E-state index contributed by atoms with van der Waals surface area (Å²) in [5.74, 6) is -0.862. The SMILES string of the molecule is Cc1cc(C)c(C2=C([O-])C3(CCC4(CC3)OCCO4)NC2=O)c(C)c1.[K+]. The minimum atomic E-state index is -0.795. The molecule has 134 valence electrons. The molecule has 1 aliphatic carbocycles. The van der Waals surface area contributed by atoms with Gasteiger partial charge in [-0.15, -0.1) is 0 Å². The van der Waals surface area contributed by atoms with Crippen molar-refractivity contribution in [3.05, 3.63) is 40.1 Å². The van der Waals surface area contributed by atoms with Crippen LogP contribution in [0.3, 0.4) is 0 Å². The van der Waals surface area contributed by atoms with Gasteiger partial charge in [0.2, 0.25) is 0 Å². The van der Waals surface area contributed by atoms with Crippen molar-refractivity contribution in [1.82, 2.24) is 5.32 Å². The molecule has 4 rings (SSSR count). The van der Waals surface area contributed by atoms with Crippen LogP contribution in [0.5, 0.6) is 0 Å². The Balaban J connectivity index is 0.00000196. The molecule has 1 saturated carbocycles. The summed E-state index contributed by atoms with van der Waals surface area (Å²) >= 11 is 0. The fourth-order valence-corrected chi connectivity index (χ4v) is 4.68. The van der Waals surface area contributed by atoms with E-state index in [-0.39, 0.29) is 63.1 Å². The van der Waals surface area contributed by atoms with Gasteiger partial charge in [0.1, 0.15) is 0 Å². The number of carbonyl (C=O) groups is 1. The Morgan fingerprint density at radius 1 is 1.00 bits per heavy atom. The van der Waals surface area contributed by atoms with Gasteiger partial charge < -0.3 is 19.9 Å². The van der Waals surface area contributed by atoms with Crippen molar-refractivity contribution in [3.8, 4) is 0 Å². The molecule has 0 radical (unpaired) electrons. The van der Waals surface area contributed by atoms with Crippen molar-refractivity contribution < 1.29 is 70.8 Å². The van der Waals surface area contributed by atoms with Crippen molar-refractivity contribution >= 4 is 11.5 Å². The number of carbonyl (C=O) groups excluding carboxylic acids is 1. The number of rotatable bonds is 1. The minimum Gasteiger partial charge on any atom is -0.873 e. The van der Waals surface area contributed by atoms with Gasteiger partial charge in [0.25, 0.3) is 5.91 Å². The number of aryl methyl sites for hydroxylation is 3. The molecule has 5 nitrogen and oxygen atoms in total. The molecule has 0 atom stereocenters. The van der Waals surface area contributed by atoms with Crippen LogP contribution in [0.25, 0.3) is 5.57 Å². The molecule has 2 heterocycles. The summed E-state index contributed by atoms with van der Waals surface area (Å²) in [6, 6.07) is 4.05. The van der Waals surface area contributed by atoms with E-state index >= 15 is 0 Å². The molecule has 1 saturated heterocycles. The molecule has 2 aliphatic heterocycles. The van der Waals surface area contributed by atoms with Crippen LogP contribution in [0.2, 0.25) is 0 Å². The maximum atomic E-state index is 13.3. The fourth-order valence-electron chi connectivity index (χ4n) is 4.68. The van der Waals surface area contributed by atoms with Gasteiger partial charge in [-0.3, -0.25) is 4.79 Å². The number of ether oxygens (including phenoxy) is 2. The molecule has 1 aromatic carbocycles. The summed E-state index contributed by atoms with van der Waals surface area (Å²) in [5, 5.41) is 16.3. The van der Waals surface area contributed by atoms with Crippen LogP contribution < -0.4 is 61.8 Å². The third-order valence-electron chi connectivity index (χ3n) is 5.85. The average molecular weight is 382 g/mol. The van der Waals surface area contributed by atoms with Crippen LogP contribution in [0.1, 0.15) is 47.9 Å². The zero-order chi connectivity index (χ0) is 17.8. The molecule has 1 N–H and O–H groups in total. The first-order chi connectivity index (χ1) is 11.9. The van der Waals surface area contributed by atoms with Crippen LogP contribution in [-0.2, 0) is 14.3 Å². The zero-order valence-electron chi connectivity index (χ0n) is 16.0. The smallest absolute Gasteiger partial charge is 0.873 e. The van der Waals surface area contributed by atoms with Gasteiger partial charge in [0, 0.05) is 18.4 Å². The Bertz CT molecular complexity index is 747. The van der Waals surface area contributed by atoms with Crippen molar-refractivity contribution in [2.75, 3.05) is 13.2 Å². The Kier molecular flexibility index (Phi) is 5.77. The summed E-state index contributed by atoms with van der Waals surface area (Å²) in [7, 11) is 0. The molecule has 2 fully saturated rings. The molecule has 26 heavy (non-hydrogen) atoms. The normalized spacial score (nSPS) is 23.4. The second-order valence-corrected chi connectivity index (χ2v) is 7.62. The maximum Gasteiger partial charge on any atom is 1.00 e. The monoisotopic (exact) mass is 381 g/mol. The van der Waals surface area contributed by atoms with E-state index in [2.05, 4.69) is 5.32 Å². The summed E-state index contributed by atoms with van der Waals surface area (Å²) in [6.07, 6.45) is 2.40. The first kappa shape index (κ1) is 20.5. The van der Waals surface area contributed by atoms with E-state index < -0.39 is 11.3 Å². The summed E-state index contributed by atoms with van der Waals surface area (Å²) in [5.41, 5.74) is 3.40. The molecule has 1 aromatic rings. The van der Waals surface area contributed by atoms with Gasteiger partial charge in [0.15, 0.2) is 5.79 Å². The van der Waals surface area contributed by atoms with E-state index in [4.69, 9.17) is 9.47 Å². The van der Waals surface area contributed by atoms with Crippen LogP contribution in [0.4, 0.5) is 0 Å². The number of benzene rings is 1. The molecule has 0 bridgehead atoms. The van der Waals surface area contributed by atoms with E-state index in [1.165, 1.54) is 0 Å². The van der Waals surface area contributed by atoms with Gasteiger partial charge in [-0.25, -0.2) is 0 Å². The second-order valence-electron chi connectivity index (χ2n) is 7.62. The Morgan fingerprint density at radius 3 is 2.08 bits per heavy atom. The van der Waals surface area contributed by atoms with Gasteiger partial charge in [0.05, 0.1) is 18.8 Å². The van der Waals surface area contributed by atoms with Crippen LogP contribution in [-0.4, -0.2) is 30.4 Å². The Morgan fingerprint density at radius 2 is 1.54 bits per heavy atom. The molecule has 0 unspecified atom stereocenters. The largest absolute Gasteiger partial charge is 1.00 e. The third-order valence-corrected chi connectivity index (χ3v) is 5.85. The first-order valence-electron chi connectivity index (χ1n) is 8.96. The second kappa shape index (κ2) is 7.31. The van der Waals surface area contributed by atoms with E-state index in [0.717, 1.165) is 22.3 Å². The van der Waals surface area contributed by atoms with Gasteiger partial charge in [-0.1, -0.05) is 23.5 Å². The van der Waals surface area contributed by atoms with E-state index in [9.17, 15) is 9.90 Å². The fraction of sp³-hybridized carbons (Fsp3) is 0.550. The average Bonchev–Trinajstić information content (AvgIpc) is 3.09. The summed E-state index contributed by atoms with van der Waals surface area (Å²) in [6.45, 7) is 7.15. The number of hydrogen-bond acceptors (Lipinski definition) is 4. The van der Waals surface area contributed by atoms with Crippen LogP contribution in [0, 0.1) is 20.8 Å². The van der Waals surface area contributed by atoms with Crippen molar-refractivity contribution in [1.29, 1.82) is 0 Å². The quantitative estimate of drug-likeness (QED) is 0.625. The summed E-state index contributed by atoms with van der Waals surface area (Å²) in [4.78, 5) is 12.7. The molecule has 6 heteroatoms. The van der Waals surface area contributed by atoms with E-state index in [1.54, 1.807) is 0 Å².